The molecule has 2 aromatic carbocycles. The first-order chi connectivity index (χ1) is 14.9. The van der Waals surface area contributed by atoms with Crippen LogP contribution in [0.1, 0.15) is 31.7 Å². The number of oxazole rings is 1. The predicted molar refractivity (Wildman–Crippen MR) is 115 cm³/mol. The summed E-state index contributed by atoms with van der Waals surface area (Å²) in [5.74, 6) is -0.673. The van der Waals surface area contributed by atoms with Crippen LogP contribution in [0.25, 0.3) is 11.1 Å². The molecular formula is C22H24N2O6S. The zero-order chi connectivity index (χ0) is 22.0. The highest BCUT2D eigenvalue weighted by Gasteiger charge is 2.28. The molecule has 164 valence electrons. The second kappa shape index (κ2) is 8.68. The van der Waals surface area contributed by atoms with Crippen LogP contribution in [0.2, 0.25) is 0 Å². The lowest BCUT2D eigenvalue weighted by atomic mass is 10.2. The maximum atomic E-state index is 12.7. The molecule has 0 aliphatic carbocycles. The van der Waals surface area contributed by atoms with Crippen LogP contribution in [0.5, 0.6) is 5.75 Å². The van der Waals surface area contributed by atoms with Crippen LogP contribution in [0.4, 0.5) is 0 Å². The smallest absolute Gasteiger partial charge is 0.419 e. The number of benzene rings is 2. The number of sulfonamides is 1. The highest BCUT2D eigenvalue weighted by molar-refractivity contribution is 7.89. The molecular weight excluding hydrogens is 420 g/mol. The minimum absolute atomic E-state index is 0.0299. The van der Waals surface area contributed by atoms with Crippen molar-refractivity contribution in [3.8, 4) is 5.75 Å². The van der Waals surface area contributed by atoms with Crippen LogP contribution < -0.4 is 10.5 Å². The predicted octanol–water partition coefficient (Wildman–Crippen LogP) is 2.94. The summed E-state index contributed by atoms with van der Waals surface area (Å²) in [6.45, 7) is 3.10. The van der Waals surface area contributed by atoms with Crippen molar-refractivity contribution in [2.75, 3.05) is 13.1 Å². The summed E-state index contributed by atoms with van der Waals surface area (Å²) in [6.07, 6.45) is 2.54. The van der Waals surface area contributed by atoms with Gasteiger partial charge in [0.15, 0.2) is 5.58 Å². The van der Waals surface area contributed by atoms with Gasteiger partial charge in [-0.05, 0) is 49.1 Å². The molecule has 1 fully saturated rings. The Morgan fingerprint density at radius 1 is 1.10 bits per heavy atom. The van der Waals surface area contributed by atoms with Crippen LogP contribution in [-0.2, 0) is 27.8 Å². The molecule has 0 saturated carbocycles. The zero-order valence-corrected chi connectivity index (χ0v) is 18.1. The molecule has 1 aliphatic heterocycles. The number of aryl methyl sites for hydroxylation is 2. The van der Waals surface area contributed by atoms with Gasteiger partial charge in [0.25, 0.3) is 0 Å². The number of carbonyl (C=O) groups is 1. The molecule has 0 bridgehead atoms. The molecule has 0 amide bonds. The Morgan fingerprint density at radius 2 is 1.81 bits per heavy atom. The lowest BCUT2D eigenvalue weighted by Gasteiger charge is -2.15. The third-order valence-electron chi connectivity index (χ3n) is 5.45. The lowest BCUT2D eigenvalue weighted by Crippen LogP contribution is -2.27. The van der Waals surface area contributed by atoms with E-state index in [0.717, 1.165) is 24.8 Å². The Bertz CT molecular complexity index is 1250. The molecule has 1 aliphatic rings. The normalized spacial score (nSPS) is 14.9. The highest BCUT2D eigenvalue weighted by Crippen LogP contribution is 2.24. The van der Waals surface area contributed by atoms with Gasteiger partial charge in [0.2, 0.25) is 10.0 Å². The van der Waals surface area contributed by atoms with Crippen LogP contribution in [0.3, 0.4) is 0 Å². The number of ether oxygens (including phenoxy) is 1. The topological polar surface area (TPSA) is 98.8 Å². The summed E-state index contributed by atoms with van der Waals surface area (Å²) in [5.41, 5.74) is 1.75. The molecule has 3 aromatic rings. The maximum Gasteiger partial charge on any atom is 0.419 e. The van der Waals surface area contributed by atoms with Crippen molar-refractivity contribution < 1.29 is 22.4 Å². The van der Waals surface area contributed by atoms with Gasteiger partial charge in [0, 0.05) is 25.7 Å². The summed E-state index contributed by atoms with van der Waals surface area (Å²) in [4.78, 5) is 24.6. The van der Waals surface area contributed by atoms with Crippen molar-refractivity contribution >= 4 is 27.1 Å². The fraction of sp³-hybridized carbons (Fsp3) is 0.364. The molecule has 8 nitrogen and oxygen atoms in total. The third kappa shape index (κ3) is 4.42. The van der Waals surface area contributed by atoms with Gasteiger partial charge >= 0.3 is 11.7 Å². The largest absolute Gasteiger partial charge is 0.426 e. The van der Waals surface area contributed by atoms with Gasteiger partial charge in [-0.1, -0.05) is 19.1 Å². The molecule has 1 aromatic heterocycles. The zero-order valence-electron chi connectivity index (χ0n) is 17.2. The number of hydrogen-bond acceptors (Lipinski definition) is 6. The van der Waals surface area contributed by atoms with Gasteiger partial charge in [-0.15, -0.1) is 0 Å². The number of nitrogens with zero attached hydrogens (tertiary/aromatic N) is 2. The van der Waals surface area contributed by atoms with Crippen molar-refractivity contribution in [2.24, 2.45) is 0 Å². The minimum Gasteiger partial charge on any atom is -0.426 e. The molecule has 0 atom stereocenters. The minimum atomic E-state index is -3.61. The molecule has 4 rings (SSSR count). The Balaban J connectivity index is 1.48. The van der Waals surface area contributed by atoms with E-state index in [1.54, 1.807) is 12.1 Å². The summed E-state index contributed by atoms with van der Waals surface area (Å²) in [7, 11) is -3.61. The van der Waals surface area contributed by atoms with E-state index in [1.807, 2.05) is 19.1 Å². The van der Waals surface area contributed by atoms with Gasteiger partial charge in [0.1, 0.15) is 5.75 Å². The third-order valence-corrected chi connectivity index (χ3v) is 7.34. The fourth-order valence-corrected chi connectivity index (χ4v) is 5.21. The van der Waals surface area contributed by atoms with Crippen LogP contribution in [0.15, 0.2) is 56.6 Å². The van der Waals surface area contributed by atoms with E-state index >= 15 is 0 Å². The van der Waals surface area contributed by atoms with Gasteiger partial charge in [-0.2, -0.15) is 4.31 Å². The summed E-state index contributed by atoms with van der Waals surface area (Å²) in [6, 6.07) is 11.6. The monoisotopic (exact) mass is 444 g/mol. The summed E-state index contributed by atoms with van der Waals surface area (Å²) < 4.78 is 38.8. The molecule has 0 spiro atoms. The van der Waals surface area contributed by atoms with Crippen LogP contribution in [0, 0.1) is 0 Å². The van der Waals surface area contributed by atoms with Gasteiger partial charge < -0.3 is 9.15 Å². The van der Waals surface area contributed by atoms with Gasteiger partial charge in [-0.25, -0.2) is 13.2 Å². The first kappa shape index (κ1) is 21.3. The molecule has 31 heavy (non-hydrogen) atoms. The average Bonchev–Trinajstić information content (AvgIpc) is 3.40. The first-order valence-electron chi connectivity index (χ1n) is 10.3. The second-order valence-electron chi connectivity index (χ2n) is 7.48. The second-order valence-corrected chi connectivity index (χ2v) is 9.42. The van der Waals surface area contributed by atoms with Crippen molar-refractivity contribution in [1.82, 2.24) is 8.87 Å². The van der Waals surface area contributed by atoms with Gasteiger partial charge in [-0.3, -0.25) is 9.36 Å². The van der Waals surface area contributed by atoms with Crippen molar-refractivity contribution in [3.05, 3.63) is 58.6 Å². The van der Waals surface area contributed by atoms with E-state index in [0.29, 0.717) is 24.4 Å². The van der Waals surface area contributed by atoms with Crippen molar-refractivity contribution in [3.63, 3.8) is 0 Å². The lowest BCUT2D eigenvalue weighted by molar-refractivity contribution is -0.134. The van der Waals surface area contributed by atoms with E-state index < -0.39 is 21.7 Å². The number of rotatable bonds is 7. The van der Waals surface area contributed by atoms with Crippen LogP contribution >= 0.6 is 0 Å². The highest BCUT2D eigenvalue weighted by atomic mass is 32.2. The standard InChI is InChI=1S/C22H24N2O6S/c1-2-16-5-7-17(8-6-16)29-21(25)11-14-24-19-10-9-18(15-20(19)30-22(24)26)31(27,28)23-12-3-4-13-23/h5-10,15H,2-4,11-14H2,1H3. The SMILES string of the molecule is CCc1ccc(OC(=O)CCn2c(=O)oc3cc(S(=O)(=O)N4CCCC4)ccc32)cc1. The summed E-state index contributed by atoms with van der Waals surface area (Å²) >= 11 is 0. The first-order valence-corrected chi connectivity index (χ1v) is 11.8. The fourth-order valence-electron chi connectivity index (χ4n) is 3.68. The Morgan fingerprint density at radius 3 is 2.48 bits per heavy atom. The maximum absolute atomic E-state index is 12.7. The number of esters is 1. The molecule has 1 saturated heterocycles. The molecule has 0 N–H and O–H groups in total. The molecule has 9 heteroatoms. The van der Waals surface area contributed by atoms with E-state index in [4.69, 9.17) is 9.15 Å². The molecule has 2 heterocycles. The quantitative estimate of drug-likeness (QED) is 0.410. The van der Waals surface area contributed by atoms with Crippen LogP contribution in [-0.4, -0.2) is 36.3 Å². The molecule has 0 unspecified atom stereocenters. The molecule has 0 radical (unpaired) electrons. The Kier molecular flexibility index (Phi) is 5.97. The number of carbonyl (C=O) groups excluding carboxylic acids is 1. The van der Waals surface area contributed by atoms with E-state index in [-0.39, 0.29) is 23.4 Å². The van der Waals surface area contributed by atoms with Gasteiger partial charge in [0.05, 0.1) is 16.8 Å². The Hall–Kier alpha value is -2.91. The number of aromatic nitrogens is 1. The number of hydrogen-bond donors (Lipinski definition) is 0. The van der Waals surface area contributed by atoms with E-state index in [1.165, 1.54) is 27.1 Å². The summed E-state index contributed by atoms with van der Waals surface area (Å²) in [5, 5.41) is 0. The van der Waals surface area contributed by atoms with E-state index in [2.05, 4.69) is 0 Å². The van der Waals surface area contributed by atoms with E-state index in [9.17, 15) is 18.0 Å². The average molecular weight is 445 g/mol. The number of fused-ring (bicyclic) bond motifs is 1. The van der Waals surface area contributed by atoms with Crippen molar-refractivity contribution in [2.45, 2.75) is 44.0 Å². The Labute approximate surface area is 180 Å². The van der Waals surface area contributed by atoms with Crippen molar-refractivity contribution in [1.29, 1.82) is 0 Å².